The van der Waals surface area contributed by atoms with Gasteiger partial charge < -0.3 is 9.64 Å². The van der Waals surface area contributed by atoms with Gasteiger partial charge in [-0.1, -0.05) is 27.7 Å². The summed E-state index contributed by atoms with van der Waals surface area (Å²) >= 11 is 0. The van der Waals surface area contributed by atoms with Gasteiger partial charge in [-0.05, 0) is 20.4 Å². The van der Waals surface area contributed by atoms with E-state index in [1.807, 2.05) is 27.7 Å². The maximum Gasteiger partial charge on any atom is 0.0713 e. The maximum absolute atomic E-state index is 5.21. The van der Waals surface area contributed by atoms with E-state index in [4.69, 9.17) is 4.74 Å². The standard InChI is InChI=1S/C7H15NO.2C2H6/c1-6-4-7(9-3)5-8(6)2;2*1-2/h6-7H,4-5H2,1-3H3;2*1-2H3. The average Bonchev–Trinajstić information content (AvgIpc) is 2.53. The Bertz CT molecular complexity index is 86.1. The summed E-state index contributed by atoms with van der Waals surface area (Å²) in [7, 11) is 3.93. The predicted molar refractivity (Wildman–Crippen MR) is 60.2 cm³/mol. The monoisotopic (exact) mass is 189 g/mol. The van der Waals surface area contributed by atoms with Gasteiger partial charge in [0.1, 0.15) is 0 Å². The van der Waals surface area contributed by atoms with Crippen molar-refractivity contribution in [2.45, 2.75) is 53.2 Å². The lowest BCUT2D eigenvalue weighted by molar-refractivity contribution is 0.111. The molecular weight excluding hydrogens is 162 g/mol. The molecule has 0 spiro atoms. The molecule has 1 rings (SSSR count). The Kier molecular flexibility index (Phi) is 11.8. The molecule has 1 aliphatic rings. The first kappa shape index (κ1) is 15.4. The summed E-state index contributed by atoms with van der Waals surface area (Å²) in [4.78, 5) is 2.33. The summed E-state index contributed by atoms with van der Waals surface area (Å²) in [5.41, 5.74) is 0. The zero-order valence-electron chi connectivity index (χ0n) is 10.4. The summed E-state index contributed by atoms with van der Waals surface area (Å²) in [5.74, 6) is 0. The summed E-state index contributed by atoms with van der Waals surface area (Å²) in [6.45, 7) is 11.3. The van der Waals surface area contributed by atoms with Crippen LogP contribution in [0.15, 0.2) is 0 Å². The second-order valence-corrected chi connectivity index (χ2v) is 2.88. The Labute approximate surface area is 84.3 Å². The van der Waals surface area contributed by atoms with Crippen LogP contribution in [0.5, 0.6) is 0 Å². The molecule has 1 fully saturated rings. The second-order valence-electron chi connectivity index (χ2n) is 2.88. The number of ether oxygens (including phenoxy) is 1. The van der Waals surface area contributed by atoms with E-state index in [9.17, 15) is 0 Å². The maximum atomic E-state index is 5.21. The van der Waals surface area contributed by atoms with Crippen LogP contribution < -0.4 is 0 Å². The molecule has 0 radical (unpaired) electrons. The first-order valence-corrected chi connectivity index (χ1v) is 5.47. The molecule has 0 aliphatic carbocycles. The summed E-state index contributed by atoms with van der Waals surface area (Å²) in [6, 6.07) is 0.704. The van der Waals surface area contributed by atoms with Crippen LogP contribution in [-0.4, -0.2) is 37.7 Å². The van der Waals surface area contributed by atoms with Crippen molar-refractivity contribution in [1.29, 1.82) is 0 Å². The molecular formula is C11H27NO. The first-order valence-electron chi connectivity index (χ1n) is 5.47. The lowest BCUT2D eigenvalue weighted by Gasteiger charge is -2.11. The van der Waals surface area contributed by atoms with Crippen molar-refractivity contribution in [3.63, 3.8) is 0 Å². The Morgan fingerprint density at radius 1 is 1.15 bits per heavy atom. The van der Waals surface area contributed by atoms with Crippen LogP contribution in [-0.2, 0) is 4.74 Å². The minimum Gasteiger partial charge on any atom is -0.380 e. The van der Waals surface area contributed by atoms with E-state index in [0.29, 0.717) is 12.1 Å². The predicted octanol–water partition coefficient (Wildman–Crippen LogP) is 2.78. The zero-order valence-corrected chi connectivity index (χ0v) is 10.4. The van der Waals surface area contributed by atoms with Gasteiger partial charge in [0, 0.05) is 19.7 Å². The Hall–Kier alpha value is -0.0800. The van der Waals surface area contributed by atoms with E-state index in [0.717, 1.165) is 6.54 Å². The number of likely N-dealkylation sites (tertiary alicyclic amines) is 1. The number of hydrogen-bond acceptors (Lipinski definition) is 2. The Morgan fingerprint density at radius 3 is 1.77 bits per heavy atom. The molecule has 0 bridgehead atoms. The minimum absolute atomic E-state index is 0.477. The van der Waals surface area contributed by atoms with Crippen molar-refractivity contribution in [1.82, 2.24) is 4.90 Å². The van der Waals surface area contributed by atoms with Crippen LogP contribution in [0.4, 0.5) is 0 Å². The Balaban J connectivity index is 0. The minimum atomic E-state index is 0.477. The number of hydrogen-bond donors (Lipinski definition) is 0. The fraction of sp³-hybridized carbons (Fsp3) is 1.00. The summed E-state index contributed by atoms with van der Waals surface area (Å²) in [6.07, 6.45) is 1.66. The third-order valence-electron chi connectivity index (χ3n) is 2.18. The molecule has 2 nitrogen and oxygen atoms in total. The van der Waals surface area contributed by atoms with Crippen molar-refractivity contribution in [3.8, 4) is 0 Å². The van der Waals surface area contributed by atoms with E-state index in [1.54, 1.807) is 7.11 Å². The lowest BCUT2D eigenvalue weighted by Crippen LogP contribution is -2.22. The number of methoxy groups -OCH3 is 1. The Morgan fingerprint density at radius 2 is 1.62 bits per heavy atom. The topological polar surface area (TPSA) is 12.5 Å². The van der Waals surface area contributed by atoms with E-state index < -0.39 is 0 Å². The molecule has 2 atom stereocenters. The number of likely N-dealkylation sites (N-methyl/N-ethyl adjacent to an activating group) is 1. The van der Waals surface area contributed by atoms with Crippen LogP contribution in [0, 0.1) is 0 Å². The van der Waals surface area contributed by atoms with E-state index in [1.165, 1.54) is 6.42 Å². The number of nitrogens with zero attached hydrogens (tertiary/aromatic N) is 1. The highest BCUT2D eigenvalue weighted by Crippen LogP contribution is 2.16. The number of rotatable bonds is 1. The molecule has 0 aromatic rings. The van der Waals surface area contributed by atoms with Crippen LogP contribution in [0.3, 0.4) is 0 Å². The van der Waals surface area contributed by atoms with Crippen LogP contribution in [0.2, 0.25) is 0 Å². The van der Waals surface area contributed by atoms with Gasteiger partial charge in [0.25, 0.3) is 0 Å². The highest BCUT2D eigenvalue weighted by molar-refractivity contribution is 4.79. The third kappa shape index (κ3) is 6.05. The smallest absolute Gasteiger partial charge is 0.0713 e. The molecule has 0 aromatic heterocycles. The fourth-order valence-electron chi connectivity index (χ4n) is 1.31. The van der Waals surface area contributed by atoms with Crippen molar-refractivity contribution in [2.24, 2.45) is 0 Å². The molecule has 1 aliphatic heterocycles. The highest BCUT2D eigenvalue weighted by Gasteiger charge is 2.25. The van der Waals surface area contributed by atoms with Gasteiger partial charge in [0.05, 0.1) is 6.10 Å². The van der Waals surface area contributed by atoms with Crippen LogP contribution >= 0.6 is 0 Å². The lowest BCUT2D eigenvalue weighted by atomic mass is 10.2. The van der Waals surface area contributed by atoms with E-state index >= 15 is 0 Å². The quantitative estimate of drug-likeness (QED) is 0.629. The fourth-order valence-corrected chi connectivity index (χ4v) is 1.31. The summed E-state index contributed by atoms with van der Waals surface area (Å²) < 4.78 is 5.21. The largest absolute Gasteiger partial charge is 0.380 e. The van der Waals surface area contributed by atoms with Gasteiger partial charge in [-0.3, -0.25) is 0 Å². The zero-order chi connectivity index (χ0) is 10.9. The van der Waals surface area contributed by atoms with Crippen molar-refractivity contribution in [2.75, 3.05) is 20.7 Å². The molecule has 2 heteroatoms. The molecule has 0 saturated carbocycles. The van der Waals surface area contributed by atoms with Crippen molar-refractivity contribution in [3.05, 3.63) is 0 Å². The van der Waals surface area contributed by atoms with Crippen LogP contribution in [0.25, 0.3) is 0 Å². The SMILES string of the molecule is CC.CC.COC1CC(C)N(C)C1. The average molecular weight is 189 g/mol. The second kappa shape index (κ2) is 10.0. The molecule has 13 heavy (non-hydrogen) atoms. The van der Waals surface area contributed by atoms with Gasteiger partial charge in [0.15, 0.2) is 0 Å². The first-order chi connectivity index (χ1) is 6.24. The molecule has 0 amide bonds. The van der Waals surface area contributed by atoms with Gasteiger partial charge in [-0.2, -0.15) is 0 Å². The van der Waals surface area contributed by atoms with Gasteiger partial charge in [-0.25, -0.2) is 0 Å². The molecule has 2 unspecified atom stereocenters. The molecule has 82 valence electrons. The van der Waals surface area contributed by atoms with Gasteiger partial charge >= 0.3 is 0 Å². The van der Waals surface area contributed by atoms with Gasteiger partial charge in [0.2, 0.25) is 0 Å². The van der Waals surface area contributed by atoms with E-state index in [-0.39, 0.29) is 0 Å². The van der Waals surface area contributed by atoms with Crippen molar-refractivity contribution < 1.29 is 4.74 Å². The normalized spacial score (nSPS) is 27.0. The molecule has 1 saturated heterocycles. The molecule has 0 N–H and O–H groups in total. The molecule has 0 aromatic carbocycles. The highest BCUT2D eigenvalue weighted by atomic mass is 16.5. The van der Waals surface area contributed by atoms with Gasteiger partial charge in [-0.15, -0.1) is 0 Å². The van der Waals surface area contributed by atoms with Crippen LogP contribution in [0.1, 0.15) is 41.0 Å². The van der Waals surface area contributed by atoms with E-state index in [2.05, 4.69) is 18.9 Å². The molecule has 1 heterocycles. The van der Waals surface area contributed by atoms with Crippen molar-refractivity contribution >= 4 is 0 Å². The summed E-state index contributed by atoms with van der Waals surface area (Å²) in [5, 5.41) is 0. The third-order valence-corrected chi connectivity index (χ3v) is 2.18.